The first kappa shape index (κ1) is 10.3. The number of hydrogen-bond acceptors (Lipinski definition) is 4. The fraction of sp³-hybridized carbons (Fsp3) is 0.200. The molecule has 1 amide bonds. The van der Waals surface area contributed by atoms with Crippen LogP contribution in [0.5, 0.6) is 0 Å². The van der Waals surface area contributed by atoms with Crippen molar-refractivity contribution >= 4 is 11.7 Å². The largest absolute Gasteiger partial charge is 0.469 e. The number of hydrogen-bond donors (Lipinski definition) is 3. The molecule has 0 saturated heterocycles. The Morgan fingerprint density at radius 1 is 1.69 bits per heavy atom. The van der Waals surface area contributed by atoms with E-state index in [9.17, 15) is 4.79 Å². The predicted molar refractivity (Wildman–Crippen MR) is 57.6 cm³/mol. The van der Waals surface area contributed by atoms with E-state index in [1.165, 1.54) is 6.26 Å². The van der Waals surface area contributed by atoms with Gasteiger partial charge in [-0.3, -0.25) is 9.89 Å². The van der Waals surface area contributed by atoms with Gasteiger partial charge in [0.15, 0.2) is 0 Å². The lowest BCUT2D eigenvalue weighted by atomic mass is 10.2. The molecule has 0 saturated carbocycles. The van der Waals surface area contributed by atoms with E-state index < -0.39 is 0 Å². The molecule has 6 heteroatoms. The predicted octanol–water partition coefficient (Wildman–Crippen LogP) is 0.823. The van der Waals surface area contributed by atoms with Crippen molar-refractivity contribution in [2.24, 2.45) is 0 Å². The molecular weight excluding hydrogens is 208 g/mol. The molecule has 2 aromatic heterocycles. The highest BCUT2D eigenvalue weighted by Crippen LogP contribution is 2.08. The lowest BCUT2D eigenvalue weighted by Gasteiger charge is -2.01. The average Bonchev–Trinajstić information content (AvgIpc) is 2.84. The summed E-state index contributed by atoms with van der Waals surface area (Å²) in [5.41, 5.74) is 6.84. The van der Waals surface area contributed by atoms with Crippen LogP contribution in [0.15, 0.2) is 22.9 Å². The van der Waals surface area contributed by atoms with E-state index in [0.29, 0.717) is 23.7 Å². The maximum atomic E-state index is 11.6. The number of aryl methyl sites for hydroxylation is 1. The molecule has 0 atom stereocenters. The number of furan rings is 1. The third kappa shape index (κ3) is 2.05. The lowest BCUT2D eigenvalue weighted by molar-refractivity contribution is 0.0950. The molecule has 0 aliphatic heterocycles. The van der Waals surface area contributed by atoms with Gasteiger partial charge in [0.05, 0.1) is 11.8 Å². The number of amides is 1. The van der Waals surface area contributed by atoms with Gasteiger partial charge in [0.2, 0.25) is 0 Å². The minimum atomic E-state index is -0.197. The number of carbonyl (C=O) groups is 1. The van der Waals surface area contributed by atoms with Crippen LogP contribution in [0.3, 0.4) is 0 Å². The molecule has 0 bridgehead atoms. The smallest absolute Gasteiger partial charge is 0.254 e. The number of anilines is 1. The average molecular weight is 220 g/mol. The highest BCUT2D eigenvalue weighted by molar-refractivity contribution is 5.93. The van der Waals surface area contributed by atoms with Crippen LogP contribution in [0, 0.1) is 6.92 Å². The van der Waals surface area contributed by atoms with E-state index in [1.807, 2.05) is 0 Å². The number of nitrogens with one attached hydrogen (secondary N) is 2. The maximum absolute atomic E-state index is 11.6. The highest BCUT2D eigenvalue weighted by Gasteiger charge is 2.09. The van der Waals surface area contributed by atoms with Crippen LogP contribution in [0.25, 0.3) is 0 Å². The summed E-state index contributed by atoms with van der Waals surface area (Å²) in [5, 5.41) is 9.07. The number of rotatable bonds is 3. The zero-order valence-electron chi connectivity index (χ0n) is 8.78. The van der Waals surface area contributed by atoms with Gasteiger partial charge in [-0.15, -0.1) is 0 Å². The second-order valence-corrected chi connectivity index (χ2v) is 3.44. The molecule has 2 heterocycles. The van der Waals surface area contributed by atoms with Gasteiger partial charge in [-0.1, -0.05) is 0 Å². The second-order valence-electron chi connectivity index (χ2n) is 3.44. The van der Waals surface area contributed by atoms with Crippen molar-refractivity contribution in [3.8, 4) is 0 Å². The maximum Gasteiger partial charge on any atom is 0.254 e. The monoisotopic (exact) mass is 220 g/mol. The Bertz CT molecular complexity index is 500. The van der Waals surface area contributed by atoms with Gasteiger partial charge in [-0.05, 0) is 13.0 Å². The van der Waals surface area contributed by atoms with Crippen LogP contribution < -0.4 is 11.1 Å². The number of nitrogens with two attached hydrogens (primary N) is 1. The highest BCUT2D eigenvalue weighted by atomic mass is 16.3. The number of H-pyrrole nitrogens is 1. The Morgan fingerprint density at radius 3 is 3.06 bits per heavy atom. The van der Waals surface area contributed by atoms with Gasteiger partial charge in [0, 0.05) is 12.1 Å². The van der Waals surface area contributed by atoms with Crippen molar-refractivity contribution < 1.29 is 9.21 Å². The Hall–Kier alpha value is -2.24. The molecule has 0 radical (unpaired) electrons. The Kier molecular flexibility index (Phi) is 2.63. The van der Waals surface area contributed by atoms with E-state index in [2.05, 4.69) is 15.5 Å². The molecule has 2 rings (SSSR count). The summed E-state index contributed by atoms with van der Waals surface area (Å²) in [5.74, 6) is 0.967. The van der Waals surface area contributed by atoms with E-state index in [4.69, 9.17) is 10.2 Å². The third-order valence-corrected chi connectivity index (χ3v) is 2.18. The van der Waals surface area contributed by atoms with E-state index in [1.54, 1.807) is 19.2 Å². The van der Waals surface area contributed by atoms with Crippen LogP contribution in [-0.2, 0) is 6.54 Å². The van der Waals surface area contributed by atoms with E-state index in [-0.39, 0.29) is 5.91 Å². The van der Waals surface area contributed by atoms with Gasteiger partial charge >= 0.3 is 0 Å². The summed E-state index contributed by atoms with van der Waals surface area (Å²) in [4.78, 5) is 11.6. The van der Waals surface area contributed by atoms with Gasteiger partial charge in [0.1, 0.15) is 17.8 Å². The van der Waals surface area contributed by atoms with Crippen LogP contribution >= 0.6 is 0 Å². The fourth-order valence-corrected chi connectivity index (χ4v) is 1.30. The zero-order chi connectivity index (χ0) is 11.5. The molecule has 0 unspecified atom stereocenters. The number of carbonyl (C=O) groups excluding carboxylic acids is 1. The van der Waals surface area contributed by atoms with Crippen molar-refractivity contribution in [1.29, 1.82) is 0 Å². The van der Waals surface area contributed by atoms with Gasteiger partial charge in [-0.25, -0.2) is 0 Å². The molecule has 84 valence electrons. The normalized spacial score (nSPS) is 10.3. The Morgan fingerprint density at radius 2 is 2.50 bits per heavy atom. The number of aromatic nitrogens is 2. The SMILES string of the molecule is Cc1cc(C(=O)NCc2cn[nH]c2N)co1. The van der Waals surface area contributed by atoms with Gasteiger partial charge in [0.25, 0.3) is 5.91 Å². The standard InChI is InChI=1S/C10H12N4O2/c1-6-2-7(5-16-6)10(15)12-3-8-4-13-14-9(8)11/h2,4-5H,3H2,1H3,(H,12,15)(H3,11,13,14). The first-order chi connectivity index (χ1) is 7.66. The van der Waals surface area contributed by atoms with Crippen molar-refractivity contribution in [1.82, 2.24) is 15.5 Å². The lowest BCUT2D eigenvalue weighted by Crippen LogP contribution is -2.22. The van der Waals surface area contributed by atoms with Crippen LogP contribution in [0.2, 0.25) is 0 Å². The quantitative estimate of drug-likeness (QED) is 0.713. The molecule has 0 aliphatic rings. The van der Waals surface area contributed by atoms with Crippen LogP contribution in [0.4, 0.5) is 5.82 Å². The van der Waals surface area contributed by atoms with Gasteiger partial charge in [-0.2, -0.15) is 5.10 Å². The summed E-state index contributed by atoms with van der Waals surface area (Å²) in [7, 11) is 0. The minimum Gasteiger partial charge on any atom is -0.469 e. The summed E-state index contributed by atoms with van der Waals surface area (Å²) >= 11 is 0. The number of aromatic amines is 1. The summed E-state index contributed by atoms with van der Waals surface area (Å²) in [6, 6.07) is 1.67. The van der Waals surface area contributed by atoms with Crippen molar-refractivity contribution in [2.75, 3.05) is 5.73 Å². The molecule has 2 aromatic rings. The van der Waals surface area contributed by atoms with Crippen molar-refractivity contribution in [3.05, 3.63) is 35.4 Å². The molecule has 0 spiro atoms. The topological polar surface area (TPSA) is 96.9 Å². The van der Waals surface area contributed by atoms with Crippen LogP contribution in [0.1, 0.15) is 21.7 Å². The Labute approximate surface area is 91.8 Å². The summed E-state index contributed by atoms with van der Waals surface area (Å²) in [6.45, 7) is 2.12. The molecule has 0 fully saturated rings. The van der Waals surface area contributed by atoms with Gasteiger partial charge < -0.3 is 15.5 Å². The van der Waals surface area contributed by atoms with Crippen molar-refractivity contribution in [2.45, 2.75) is 13.5 Å². The first-order valence-electron chi connectivity index (χ1n) is 4.78. The Balaban J connectivity index is 1.96. The van der Waals surface area contributed by atoms with Crippen molar-refractivity contribution in [3.63, 3.8) is 0 Å². The molecule has 6 nitrogen and oxygen atoms in total. The third-order valence-electron chi connectivity index (χ3n) is 2.18. The fourth-order valence-electron chi connectivity index (χ4n) is 1.30. The summed E-state index contributed by atoms with van der Waals surface area (Å²) in [6.07, 6.45) is 3.00. The molecule has 4 N–H and O–H groups in total. The molecule has 16 heavy (non-hydrogen) atoms. The molecule has 0 aromatic carbocycles. The molecular formula is C10H12N4O2. The summed E-state index contributed by atoms with van der Waals surface area (Å²) < 4.78 is 5.04. The molecule has 0 aliphatic carbocycles. The zero-order valence-corrected chi connectivity index (χ0v) is 8.78. The van der Waals surface area contributed by atoms with E-state index in [0.717, 1.165) is 5.56 Å². The van der Waals surface area contributed by atoms with E-state index >= 15 is 0 Å². The minimum absolute atomic E-state index is 0.197. The van der Waals surface area contributed by atoms with Crippen LogP contribution in [-0.4, -0.2) is 16.1 Å². The number of nitrogen functional groups attached to an aromatic ring is 1. The number of nitrogens with zero attached hydrogens (tertiary/aromatic N) is 1. The second kappa shape index (κ2) is 4.09. The first-order valence-corrected chi connectivity index (χ1v) is 4.78.